The molecule has 0 spiro atoms. The molecule has 0 saturated carbocycles. The lowest BCUT2D eigenvalue weighted by molar-refractivity contribution is 0.0663. The number of hydrogen-bond donors (Lipinski definition) is 0. The van der Waals surface area contributed by atoms with E-state index in [0.29, 0.717) is 79.3 Å². The van der Waals surface area contributed by atoms with Gasteiger partial charge in [-0.25, -0.2) is 0 Å². The van der Waals surface area contributed by atoms with Gasteiger partial charge < -0.3 is 62.9 Å². The fourth-order valence-electron chi connectivity index (χ4n) is 7.04. The van der Waals surface area contributed by atoms with Crippen LogP contribution in [0.5, 0.6) is 0 Å². The predicted molar refractivity (Wildman–Crippen MR) is 233 cm³/mol. The Hall–Kier alpha value is 0.308. The van der Waals surface area contributed by atoms with Crippen molar-refractivity contribution < 1.29 is 53.1 Å². The summed E-state index contributed by atoms with van der Waals surface area (Å²) in [6.07, 6.45) is 3.64. The Bertz CT molecular complexity index is 693. The smallest absolute Gasteiger partial charge is 0.374 e. The molecule has 0 saturated heterocycles. The van der Waals surface area contributed by atoms with Gasteiger partial charge in [0.05, 0.1) is 0 Å². The van der Waals surface area contributed by atoms with Gasteiger partial charge in [-0.1, -0.05) is 0 Å². The number of rotatable bonds is 43. The zero-order chi connectivity index (χ0) is 42.0. The van der Waals surface area contributed by atoms with Gasteiger partial charge in [-0.05, 0) is 135 Å². The first-order chi connectivity index (χ1) is 27.1. The van der Waals surface area contributed by atoms with Crippen LogP contribution in [0.15, 0.2) is 0 Å². The van der Waals surface area contributed by atoms with E-state index in [-0.39, 0.29) is 0 Å². The Kier molecular flexibility index (Phi) is 35.2. The molecule has 0 unspecified atom stereocenters. The molecule has 338 valence electrons. The van der Waals surface area contributed by atoms with E-state index < -0.39 is 35.2 Å². The monoisotopic (exact) mass is 877 g/mol. The number of hydrogen-bond acceptors (Lipinski definition) is 14. The highest BCUT2D eigenvalue weighted by atomic mass is 28.4. The second kappa shape index (κ2) is 35.0. The third-order valence-electron chi connectivity index (χ3n) is 8.93. The van der Waals surface area contributed by atoms with E-state index in [2.05, 4.69) is 9.80 Å². The van der Waals surface area contributed by atoms with Crippen molar-refractivity contribution in [2.24, 2.45) is 0 Å². The Balaban J connectivity index is 6.32. The molecule has 18 heteroatoms. The minimum atomic E-state index is -2.77. The molecule has 0 aromatic rings. The molecule has 56 heavy (non-hydrogen) atoms. The van der Waals surface area contributed by atoms with Crippen LogP contribution in [0.3, 0.4) is 0 Å². The largest absolute Gasteiger partial charge is 0.500 e. The SMILES string of the molecule is CCO[Si](CCCN(CCC[Si](OCC)(OCC)OCC)CCN(CCC[Si](OCC)(OCC)OCC)CCC[Si](OCC)(OCC)OCC)(OCC)OCC. The van der Waals surface area contributed by atoms with Crippen molar-refractivity contribution in [3.05, 3.63) is 0 Å². The quantitative estimate of drug-likeness (QED) is 0.0569. The standard InChI is InChI=1S/C38H88N2O12Si4/c1-13-41-53(42-14-2,43-15-3)35-25-29-39(30-26-36-54(44-16-4,45-17-5)46-18-6)33-34-40(31-27-37-55(47-19-7,48-20-8)49-21-9)32-28-38-56(50-22-10,51-23-11)52-24-12/h13-38H2,1-12H3. The topological polar surface area (TPSA) is 117 Å². The maximum atomic E-state index is 6.21. The zero-order valence-electron chi connectivity index (χ0n) is 38.2. The van der Waals surface area contributed by atoms with Crippen LogP contribution in [0.2, 0.25) is 24.2 Å². The Morgan fingerprint density at radius 1 is 0.232 bits per heavy atom. The lowest BCUT2D eigenvalue weighted by atomic mass is 10.3. The summed E-state index contributed by atoms with van der Waals surface area (Å²) < 4.78 is 74.6. The van der Waals surface area contributed by atoms with Crippen LogP contribution in [0.4, 0.5) is 0 Å². The molecule has 0 aliphatic heterocycles. The number of nitrogens with zero attached hydrogens (tertiary/aromatic N) is 2. The second-order valence-electron chi connectivity index (χ2n) is 13.0. The highest BCUT2D eigenvalue weighted by Gasteiger charge is 2.43. The van der Waals surface area contributed by atoms with Crippen molar-refractivity contribution in [2.45, 2.75) is 133 Å². The molecule has 0 aliphatic rings. The van der Waals surface area contributed by atoms with Crippen molar-refractivity contribution in [1.82, 2.24) is 9.80 Å². The highest BCUT2D eigenvalue weighted by molar-refractivity contribution is 6.61. The Morgan fingerprint density at radius 2 is 0.375 bits per heavy atom. The molecule has 0 aliphatic carbocycles. The minimum Gasteiger partial charge on any atom is -0.374 e. The molecular formula is C38H88N2O12Si4. The molecule has 0 bridgehead atoms. The van der Waals surface area contributed by atoms with Gasteiger partial charge in [0.15, 0.2) is 0 Å². The van der Waals surface area contributed by atoms with Gasteiger partial charge in [0.1, 0.15) is 0 Å². The normalized spacial score (nSPS) is 13.2. The molecule has 0 fully saturated rings. The summed E-state index contributed by atoms with van der Waals surface area (Å²) in [5.41, 5.74) is 0. The van der Waals surface area contributed by atoms with Crippen molar-refractivity contribution in [3.8, 4) is 0 Å². The first kappa shape index (κ1) is 56.3. The molecule has 0 aromatic heterocycles. The Labute approximate surface area is 348 Å². The molecule has 0 amide bonds. The van der Waals surface area contributed by atoms with Gasteiger partial charge >= 0.3 is 35.2 Å². The van der Waals surface area contributed by atoms with E-state index in [1.165, 1.54) is 0 Å². The predicted octanol–water partition coefficient (Wildman–Crippen LogP) is 7.34. The van der Waals surface area contributed by atoms with Gasteiger partial charge in [0.25, 0.3) is 0 Å². The van der Waals surface area contributed by atoms with Crippen LogP contribution < -0.4 is 0 Å². The first-order valence-corrected chi connectivity index (χ1v) is 29.9. The van der Waals surface area contributed by atoms with Crippen LogP contribution in [0.25, 0.3) is 0 Å². The summed E-state index contributed by atoms with van der Waals surface area (Å²) in [5, 5.41) is 0. The van der Waals surface area contributed by atoms with Crippen LogP contribution in [0.1, 0.15) is 109 Å². The lowest BCUT2D eigenvalue weighted by Gasteiger charge is -2.33. The van der Waals surface area contributed by atoms with E-state index in [9.17, 15) is 0 Å². The third-order valence-corrected chi connectivity index (χ3v) is 21.5. The van der Waals surface area contributed by atoms with E-state index in [0.717, 1.165) is 89.1 Å². The van der Waals surface area contributed by atoms with Gasteiger partial charge in [0.2, 0.25) is 0 Å². The molecule has 0 heterocycles. The summed E-state index contributed by atoms with van der Waals surface area (Å²) >= 11 is 0. The average Bonchev–Trinajstić information content (AvgIpc) is 3.14. The molecule has 0 N–H and O–H groups in total. The molecule has 0 rings (SSSR count). The first-order valence-electron chi connectivity index (χ1n) is 22.2. The van der Waals surface area contributed by atoms with Crippen LogP contribution in [-0.4, -0.2) is 164 Å². The molecule has 0 aromatic carbocycles. The minimum absolute atomic E-state index is 0.573. The van der Waals surface area contributed by atoms with Gasteiger partial charge in [-0.2, -0.15) is 0 Å². The van der Waals surface area contributed by atoms with Crippen LogP contribution >= 0.6 is 0 Å². The average molecular weight is 877 g/mol. The third kappa shape index (κ3) is 23.3. The van der Waals surface area contributed by atoms with E-state index in [1.54, 1.807) is 0 Å². The van der Waals surface area contributed by atoms with Crippen LogP contribution in [-0.2, 0) is 53.1 Å². The molecular weight excluding hydrogens is 789 g/mol. The van der Waals surface area contributed by atoms with Gasteiger partial charge in [-0.15, -0.1) is 0 Å². The molecule has 14 nitrogen and oxygen atoms in total. The van der Waals surface area contributed by atoms with E-state index in [4.69, 9.17) is 53.1 Å². The molecule has 0 radical (unpaired) electrons. The maximum Gasteiger partial charge on any atom is 0.500 e. The van der Waals surface area contributed by atoms with Crippen molar-refractivity contribution >= 4 is 35.2 Å². The molecule has 0 atom stereocenters. The summed E-state index contributed by atoms with van der Waals surface area (Å²) in [6, 6.07) is 3.10. The van der Waals surface area contributed by atoms with E-state index >= 15 is 0 Å². The van der Waals surface area contributed by atoms with E-state index in [1.807, 2.05) is 83.1 Å². The Morgan fingerprint density at radius 3 is 0.500 bits per heavy atom. The van der Waals surface area contributed by atoms with Crippen molar-refractivity contribution in [1.29, 1.82) is 0 Å². The van der Waals surface area contributed by atoms with Crippen molar-refractivity contribution in [2.75, 3.05) is 119 Å². The van der Waals surface area contributed by atoms with Gasteiger partial charge in [-0.3, -0.25) is 0 Å². The highest BCUT2D eigenvalue weighted by Crippen LogP contribution is 2.23. The summed E-state index contributed by atoms with van der Waals surface area (Å²) in [7, 11) is -11.1. The van der Waals surface area contributed by atoms with Crippen LogP contribution in [0, 0.1) is 0 Å². The second-order valence-corrected chi connectivity index (χ2v) is 24.0. The fourth-order valence-corrected chi connectivity index (χ4v) is 17.4. The summed E-state index contributed by atoms with van der Waals surface area (Å²) in [4.78, 5) is 5.14. The fraction of sp³-hybridized carbons (Fsp3) is 1.00. The summed E-state index contributed by atoms with van der Waals surface area (Å²) in [5.74, 6) is 0. The van der Waals surface area contributed by atoms with Crippen molar-refractivity contribution in [3.63, 3.8) is 0 Å². The maximum absolute atomic E-state index is 6.21. The lowest BCUT2D eigenvalue weighted by Crippen LogP contribution is -2.48. The summed E-state index contributed by atoms with van der Waals surface area (Å²) in [6.45, 7) is 36.4. The zero-order valence-corrected chi connectivity index (χ0v) is 42.2. The van der Waals surface area contributed by atoms with Gasteiger partial charge in [0, 0.05) is 117 Å².